The number of amides is 1. The summed E-state index contributed by atoms with van der Waals surface area (Å²) in [6, 6.07) is 3.13. The summed E-state index contributed by atoms with van der Waals surface area (Å²) in [7, 11) is 0. The number of anilines is 1. The van der Waals surface area contributed by atoms with Gasteiger partial charge in [-0.15, -0.1) is 0 Å². The van der Waals surface area contributed by atoms with Crippen LogP contribution in [0.15, 0.2) is 24.4 Å². The van der Waals surface area contributed by atoms with Crippen molar-refractivity contribution < 1.29 is 18.3 Å². The van der Waals surface area contributed by atoms with E-state index in [1.807, 2.05) is 20.0 Å². The minimum atomic E-state index is -0.870. The van der Waals surface area contributed by atoms with Crippen LogP contribution in [0.1, 0.15) is 48.5 Å². The maximum Gasteiger partial charge on any atom is 0.257 e. The van der Waals surface area contributed by atoms with Crippen molar-refractivity contribution in [1.29, 1.82) is 0 Å². The fourth-order valence-electron chi connectivity index (χ4n) is 4.88. The second kappa shape index (κ2) is 6.97. The summed E-state index contributed by atoms with van der Waals surface area (Å²) in [5.74, 6) is -0.651. The average Bonchev–Trinajstić information content (AvgIpc) is 3.23. The third kappa shape index (κ3) is 3.05. The lowest BCUT2D eigenvalue weighted by Gasteiger charge is -2.37. The fraction of sp³-hybridized carbons (Fsp3) is 0.500. The van der Waals surface area contributed by atoms with Gasteiger partial charge in [0.05, 0.1) is 6.04 Å². The number of hydrogen-bond donors (Lipinski definition) is 0. The molecule has 30 heavy (non-hydrogen) atoms. The van der Waals surface area contributed by atoms with Gasteiger partial charge in [-0.2, -0.15) is 0 Å². The number of nitrogens with zero attached hydrogens (tertiary/aromatic N) is 4. The molecule has 1 spiro atoms. The third-order valence-electron chi connectivity index (χ3n) is 6.65. The predicted octanol–water partition coefficient (Wildman–Crippen LogP) is 3.43. The molecule has 3 fully saturated rings. The van der Waals surface area contributed by atoms with Crippen LogP contribution in [0.2, 0.25) is 0 Å². The minimum Gasteiger partial charge on any atom is -0.342 e. The molecule has 0 saturated carbocycles. The van der Waals surface area contributed by atoms with E-state index >= 15 is 0 Å². The van der Waals surface area contributed by atoms with Crippen molar-refractivity contribution in [3.63, 3.8) is 0 Å². The van der Waals surface area contributed by atoms with E-state index in [4.69, 9.17) is 4.74 Å². The smallest absolute Gasteiger partial charge is 0.257 e. The molecule has 158 valence electrons. The molecule has 3 aliphatic heterocycles. The van der Waals surface area contributed by atoms with Crippen LogP contribution in [0, 0.1) is 25.5 Å². The highest BCUT2D eigenvalue weighted by molar-refractivity contribution is 5.88. The second-order valence-corrected chi connectivity index (χ2v) is 8.50. The number of aryl methyl sites for hydroxylation is 2. The first kappa shape index (κ1) is 19.4. The van der Waals surface area contributed by atoms with Gasteiger partial charge >= 0.3 is 0 Å². The Morgan fingerprint density at radius 2 is 1.80 bits per heavy atom. The molecular formula is C22H24F2N4O2. The molecule has 0 aliphatic carbocycles. The van der Waals surface area contributed by atoms with Crippen LogP contribution in [0.4, 0.5) is 14.7 Å². The summed E-state index contributed by atoms with van der Waals surface area (Å²) in [6.07, 6.45) is 3.87. The van der Waals surface area contributed by atoms with Gasteiger partial charge in [0.25, 0.3) is 5.91 Å². The summed E-state index contributed by atoms with van der Waals surface area (Å²) in [5.41, 5.74) is 1.61. The van der Waals surface area contributed by atoms with Gasteiger partial charge in [0, 0.05) is 43.9 Å². The molecular weight excluding hydrogens is 390 g/mol. The van der Waals surface area contributed by atoms with Crippen LogP contribution >= 0.6 is 0 Å². The van der Waals surface area contributed by atoms with Crippen molar-refractivity contribution >= 4 is 11.9 Å². The highest BCUT2D eigenvalue weighted by Gasteiger charge is 2.58. The van der Waals surface area contributed by atoms with Crippen molar-refractivity contribution in [3.8, 4) is 0 Å². The molecule has 3 aliphatic rings. The Balaban J connectivity index is 1.34. The van der Waals surface area contributed by atoms with Crippen LogP contribution < -0.4 is 4.90 Å². The van der Waals surface area contributed by atoms with Crippen molar-refractivity contribution in [1.82, 2.24) is 14.9 Å². The van der Waals surface area contributed by atoms with Crippen LogP contribution in [-0.4, -0.2) is 45.7 Å². The summed E-state index contributed by atoms with van der Waals surface area (Å²) in [5, 5.41) is 0. The standard InChI is InChI=1S/C22H24F2N4O2/c1-13-12-25-21(26-14(13)2)27-7-5-22(6-8-27)20(29)28-18(3-4-19(28)30-22)15-9-16(23)11-17(24)10-15/h9-12,18-19H,3-8H2,1-2H3/t18-,19+/m0/s1. The lowest BCUT2D eigenvalue weighted by molar-refractivity contribution is -0.140. The third-order valence-corrected chi connectivity index (χ3v) is 6.65. The molecule has 1 aromatic carbocycles. The topological polar surface area (TPSA) is 58.6 Å². The quantitative estimate of drug-likeness (QED) is 0.754. The molecule has 0 bridgehead atoms. The molecule has 5 rings (SSSR count). The number of fused-ring (bicyclic) bond motifs is 1. The SMILES string of the molecule is Cc1cnc(N2CCC3(CC2)O[C@@H]2CC[C@@H](c4cc(F)cc(F)c4)N2C3=O)nc1C. The zero-order chi connectivity index (χ0) is 21.0. The first-order valence-electron chi connectivity index (χ1n) is 10.4. The minimum absolute atomic E-state index is 0.0691. The Morgan fingerprint density at radius 1 is 1.10 bits per heavy atom. The van der Waals surface area contributed by atoms with Gasteiger partial charge in [-0.3, -0.25) is 4.79 Å². The number of carbonyl (C=O) groups is 1. The molecule has 4 heterocycles. The highest BCUT2D eigenvalue weighted by Crippen LogP contribution is 2.47. The number of rotatable bonds is 2. The Bertz CT molecular complexity index is 986. The number of benzene rings is 1. The number of ether oxygens (including phenoxy) is 1. The maximum atomic E-state index is 13.7. The molecule has 1 aromatic heterocycles. The molecule has 3 saturated heterocycles. The largest absolute Gasteiger partial charge is 0.342 e. The van der Waals surface area contributed by atoms with Gasteiger partial charge in [0.15, 0.2) is 5.60 Å². The van der Waals surface area contributed by atoms with Gasteiger partial charge < -0.3 is 14.5 Å². The number of piperidine rings is 1. The Kier molecular flexibility index (Phi) is 4.50. The lowest BCUT2D eigenvalue weighted by atomic mass is 9.89. The first-order valence-corrected chi connectivity index (χ1v) is 10.4. The summed E-state index contributed by atoms with van der Waals surface area (Å²) in [6.45, 7) is 5.17. The van der Waals surface area contributed by atoms with Crippen LogP contribution in [-0.2, 0) is 9.53 Å². The first-order chi connectivity index (χ1) is 14.4. The number of halogens is 2. The fourth-order valence-corrected chi connectivity index (χ4v) is 4.88. The van der Waals surface area contributed by atoms with Crippen LogP contribution in [0.25, 0.3) is 0 Å². The summed E-state index contributed by atoms with van der Waals surface area (Å²) in [4.78, 5) is 26.2. The van der Waals surface area contributed by atoms with Gasteiger partial charge in [0.2, 0.25) is 5.95 Å². The van der Waals surface area contributed by atoms with E-state index in [9.17, 15) is 13.6 Å². The summed E-state index contributed by atoms with van der Waals surface area (Å²) >= 11 is 0. The van der Waals surface area contributed by atoms with E-state index in [1.165, 1.54) is 12.1 Å². The summed E-state index contributed by atoms with van der Waals surface area (Å²) < 4.78 is 33.8. The van der Waals surface area contributed by atoms with Crippen LogP contribution in [0.5, 0.6) is 0 Å². The van der Waals surface area contributed by atoms with Crippen LogP contribution in [0.3, 0.4) is 0 Å². The maximum absolute atomic E-state index is 13.7. The molecule has 6 nitrogen and oxygen atoms in total. The van der Waals surface area contributed by atoms with Crippen molar-refractivity contribution in [2.75, 3.05) is 18.0 Å². The predicted molar refractivity (Wildman–Crippen MR) is 106 cm³/mol. The van der Waals surface area contributed by atoms with Gasteiger partial charge in [0.1, 0.15) is 17.9 Å². The number of hydrogen-bond acceptors (Lipinski definition) is 5. The van der Waals surface area contributed by atoms with E-state index < -0.39 is 17.2 Å². The highest BCUT2D eigenvalue weighted by atomic mass is 19.1. The average molecular weight is 414 g/mol. The van der Waals surface area contributed by atoms with Gasteiger partial charge in [-0.25, -0.2) is 18.7 Å². The monoisotopic (exact) mass is 414 g/mol. The number of carbonyl (C=O) groups excluding carboxylic acids is 1. The van der Waals surface area contributed by atoms with Crippen molar-refractivity contribution in [3.05, 3.63) is 52.9 Å². The Labute approximate surface area is 173 Å². The molecule has 2 atom stereocenters. The van der Waals surface area contributed by atoms with Gasteiger partial charge in [-0.1, -0.05) is 0 Å². The second-order valence-electron chi connectivity index (χ2n) is 8.50. The zero-order valence-corrected chi connectivity index (χ0v) is 17.1. The van der Waals surface area contributed by atoms with Crippen molar-refractivity contribution in [2.24, 2.45) is 0 Å². The Hall–Kier alpha value is -2.61. The van der Waals surface area contributed by atoms with Crippen molar-refractivity contribution in [2.45, 2.75) is 57.4 Å². The van der Waals surface area contributed by atoms with E-state index in [0.29, 0.717) is 50.3 Å². The van der Waals surface area contributed by atoms with E-state index in [1.54, 1.807) is 4.90 Å². The molecule has 1 amide bonds. The molecule has 0 radical (unpaired) electrons. The molecule has 8 heteroatoms. The van der Waals surface area contributed by atoms with E-state index in [0.717, 1.165) is 17.3 Å². The Morgan fingerprint density at radius 3 is 2.47 bits per heavy atom. The van der Waals surface area contributed by atoms with E-state index in [2.05, 4.69) is 14.9 Å². The molecule has 2 aromatic rings. The van der Waals surface area contributed by atoms with E-state index in [-0.39, 0.29) is 18.2 Å². The van der Waals surface area contributed by atoms with Gasteiger partial charge in [-0.05, 0) is 49.9 Å². The normalized spacial score (nSPS) is 25.3. The zero-order valence-electron chi connectivity index (χ0n) is 17.1. The number of aromatic nitrogens is 2. The molecule has 0 unspecified atom stereocenters. The lowest BCUT2D eigenvalue weighted by Crippen LogP contribution is -2.50. The molecule has 0 N–H and O–H groups in total.